The highest BCUT2D eigenvalue weighted by Crippen LogP contribution is 2.37. The van der Waals surface area contributed by atoms with Crippen LogP contribution < -0.4 is 0 Å². The molecule has 0 atom stereocenters. The van der Waals surface area contributed by atoms with Gasteiger partial charge in [0.15, 0.2) is 17.5 Å². The Kier molecular flexibility index (Phi) is 5.32. The third-order valence-corrected chi connectivity index (χ3v) is 7.73. The number of fused-ring (bicyclic) bond motifs is 7. The number of rotatable bonds is 3. The van der Waals surface area contributed by atoms with Gasteiger partial charge in [-0.05, 0) is 67.4 Å². The summed E-state index contributed by atoms with van der Waals surface area (Å²) in [5, 5.41) is 8.45. The van der Waals surface area contributed by atoms with E-state index in [1.165, 1.54) is 11.5 Å². The topological polar surface area (TPSA) is 38.7 Å². The average molecular weight is 528 g/mol. The predicted molar refractivity (Wildman–Crippen MR) is 166 cm³/mol. The molecule has 0 aliphatic heterocycles. The number of hydrogen-bond acceptors (Lipinski definition) is 3. The molecule has 0 aliphatic rings. The number of benzene rings is 7. The minimum atomic E-state index is -0.238. The van der Waals surface area contributed by atoms with Crippen molar-refractivity contribution in [3.63, 3.8) is 0 Å². The van der Waals surface area contributed by atoms with Gasteiger partial charge in [-0.25, -0.2) is 19.3 Å². The van der Waals surface area contributed by atoms with E-state index in [4.69, 9.17) is 15.0 Å². The fourth-order valence-electron chi connectivity index (χ4n) is 5.75. The Morgan fingerprint density at radius 2 is 0.854 bits per heavy atom. The molecule has 0 bridgehead atoms. The Balaban J connectivity index is 1.38. The molecule has 3 nitrogen and oxygen atoms in total. The lowest BCUT2D eigenvalue weighted by molar-refractivity contribution is 0.630. The third kappa shape index (κ3) is 4.00. The molecule has 8 rings (SSSR count). The number of hydrogen-bond donors (Lipinski definition) is 0. The van der Waals surface area contributed by atoms with Crippen LogP contribution in [0.3, 0.4) is 0 Å². The van der Waals surface area contributed by atoms with Crippen molar-refractivity contribution in [3.8, 4) is 34.2 Å². The molecule has 4 heteroatoms. The smallest absolute Gasteiger partial charge is 0.164 e. The van der Waals surface area contributed by atoms with E-state index >= 15 is 0 Å². The highest BCUT2D eigenvalue weighted by atomic mass is 19.1. The number of aromatic nitrogens is 3. The van der Waals surface area contributed by atoms with Gasteiger partial charge in [0.25, 0.3) is 0 Å². The molecule has 0 radical (unpaired) electrons. The van der Waals surface area contributed by atoms with Crippen LogP contribution in [0.4, 0.5) is 4.39 Å². The second kappa shape index (κ2) is 9.32. The van der Waals surface area contributed by atoms with E-state index in [1.54, 1.807) is 6.07 Å². The summed E-state index contributed by atoms with van der Waals surface area (Å²) in [7, 11) is 0. The van der Waals surface area contributed by atoms with Crippen LogP contribution in [0.2, 0.25) is 0 Å². The highest BCUT2D eigenvalue weighted by molar-refractivity contribution is 6.25. The van der Waals surface area contributed by atoms with Gasteiger partial charge in [0.1, 0.15) is 5.82 Å². The first-order valence-corrected chi connectivity index (χ1v) is 13.6. The molecule has 41 heavy (non-hydrogen) atoms. The van der Waals surface area contributed by atoms with Crippen LogP contribution in [0.1, 0.15) is 0 Å². The fraction of sp³-hybridized carbons (Fsp3) is 0. The Morgan fingerprint density at radius 3 is 1.59 bits per heavy atom. The zero-order chi connectivity index (χ0) is 27.3. The summed E-state index contributed by atoms with van der Waals surface area (Å²) in [6.07, 6.45) is 0. The lowest BCUT2D eigenvalue weighted by atomic mass is 9.93. The maximum atomic E-state index is 14.3. The summed E-state index contributed by atoms with van der Waals surface area (Å²) in [4.78, 5) is 14.9. The zero-order valence-corrected chi connectivity index (χ0v) is 21.9. The second-order valence-corrected chi connectivity index (χ2v) is 10.2. The lowest BCUT2D eigenvalue weighted by Crippen LogP contribution is -2.00. The van der Waals surface area contributed by atoms with Crippen LogP contribution in [0.5, 0.6) is 0 Å². The van der Waals surface area contributed by atoms with Crippen molar-refractivity contribution in [2.45, 2.75) is 0 Å². The van der Waals surface area contributed by atoms with Crippen molar-refractivity contribution in [2.75, 3.05) is 0 Å². The van der Waals surface area contributed by atoms with E-state index < -0.39 is 0 Å². The lowest BCUT2D eigenvalue weighted by Gasteiger charge is -2.13. The Bertz CT molecular complexity index is 2260. The van der Waals surface area contributed by atoms with Gasteiger partial charge in [0.05, 0.1) is 0 Å². The average Bonchev–Trinajstić information content (AvgIpc) is 3.04. The van der Waals surface area contributed by atoms with Crippen molar-refractivity contribution >= 4 is 43.1 Å². The number of halogens is 1. The van der Waals surface area contributed by atoms with Gasteiger partial charge >= 0.3 is 0 Å². The van der Waals surface area contributed by atoms with E-state index in [-0.39, 0.29) is 5.82 Å². The molecule has 0 saturated heterocycles. The molecule has 0 unspecified atom stereocenters. The Hall–Kier alpha value is -5.48. The molecule has 0 fully saturated rings. The summed E-state index contributed by atoms with van der Waals surface area (Å²) < 4.78 is 14.3. The Labute approximate surface area is 235 Å². The minimum absolute atomic E-state index is 0.238. The van der Waals surface area contributed by atoms with E-state index in [0.29, 0.717) is 17.5 Å². The maximum absolute atomic E-state index is 14.3. The largest absolute Gasteiger partial charge is 0.208 e. The van der Waals surface area contributed by atoms with Crippen LogP contribution in [-0.4, -0.2) is 15.0 Å². The molecule has 0 amide bonds. The first-order chi connectivity index (χ1) is 20.2. The molecule has 7 aromatic carbocycles. The quantitative estimate of drug-likeness (QED) is 0.215. The molecular weight excluding hydrogens is 505 g/mol. The van der Waals surface area contributed by atoms with Gasteiger partial charge < -0.3 is 0 Å². The zero-order valence-electron chi connectivity index (χ0n) is 21.9. The normalized spacial score (nSPS) is 11.5. The SMILES string of the molecule is Fc1ccc2c3ccc(-c4nc(-c5ccccc5)nc(-c5ccc6ccccc6c5)n4)cc3c3ccccc3c2c1. The van der Waals surface area contributed by atoms with E-state index in [1.807, 2.05) is 66.7 Å². The first-order valence-electron chi connectivity index (χ1n) is 13.6. The second-order valence-electron chi connectivity index (χ2n) is 10.2. The monoisotopic (exact) mass is 527 g/mol. The molecule has 0 spiro atoms. The van der Waals surface area contributed by atoms with Gasteiger partial charge in [-0.1, -0.05) is 109 Å². The maximum Gasteiger partial charge on any atom is 0.164 e. The van der Waals surface area contributed by atoms with Crippen molar-refractivity contribution in [2.24, 2.45) is 0 Å². The van der Waals surface area contributed by atoms with Crippen LogP contribution in [-0.2, 0) is 0 Å². The Morgan fingerprint density at radius 1 is 0.341 bits per heavy atom. The van der Waals surface area contributed by atoms with Crippen molar-refractivity contribution in [3.05, 3.63) is 139 Å². The predicted octanol–water partition coefficient (Wildman–Crippen LogP) is 9.62. The summed E-state index contributed by atoms with van der Waals surface area (Å²) >= 11 is 0. The molecule has 1 aromatic heterocycles. The van der Waals surface area contributed by atoms with Crippen molar-refractivity contribution < 1.29 is 4.39 Å². The molecule has 0 saturated carbocycles. The molecule has 192 valence electrons. The van der Waals surface area contributed by atoms with E-state index in [0.717, 1.165) is 54.4 Å². The molecule has 8 aromatic rings. The van der Waals surface area contributed by atoms with E-state index in [9.17, 15) is 4.39 Å². The van der Waals surface area contributed by atoms with Crippen LogP contribution in [0, 0.1) is 5.82 Å². The van der Waals surface area contributed by atoms with Crippen molar-refractivity contribution in [1.82, 2.24) is 15.0 Å². The number of nitrogens with zero attached hydrogens (tertiary/aromatic N) is 3. The molecule has 1 heterocycles. The first kappa shape index (κ1) is 23.4. The van der Waals surface area contributed by atoms with Gasteiger partial charge in [-0.2, -0.15) is 0 Å². The summed E-state index contributed by atoms with van der Waals surface area (Å²) in [6, 6.07) is 44.1. The molecule has 0 aliphatic carbocycles. The molecular formula is C37H22FN3. The van der Waals surface area contributed by atoms with Crippen molar-refractivity contribution in [1.29, 1.82) is 0 Å². The van der Waals surface area contributed by atoms with E-state index in [2.05, 4.69) is 54.6 Å². The summed E-state index contributed by atoms with van der Waals surface area (Å²) in [6.45, 7) is 0. The van der Waals surface area contributed by atoms with Gasteiger partial charge in [-0.15, -0.1) is 0 Å². The van der Waals surface area contributed by atoms with Crippen LogP contribution >= 0.6 is 0 Å². The summed E-state index contributed by atoms with van der Waals surface area (Å²) in [5.41, 5.74) is 2.76. The van der Waals surface area contributed by atoms with Gasteiger partial charge in [0, 0.05) is 16.7 Å². The standard InChI is InChI=1S/C37H22FN3/c38-28-17-19-32-31-18-16-27(21-33(31)29-12-6-7-13-30(29)34(32)22-28)37-40-35(24-9-2-1-3-10-24)39-36(41-37)26-15-14-23-8-4-5-11-25(23)20-26/h1-22H. The minimum Gasteiger partial charge on any atom is -0.208 e. The fourth-order valence-corrected chi connectivity index (χ4v) is 5.75. The van der Waals surface area contributed by atoms with Gasteiger partial charge in [-0.3, -0.25) is 0 Å². The summed E-state index contributed by atoms with van der Waals surface area (Å²) in [5.74, 6) is 1.61. The van der Waals surface area contributed by atoms with Crippen LogP contribution in [0.25, 0.3) is 77.3 Å². The van der Waals surface area contributed by atoms with Crippen LogP contribution in [0.15, 0.2) is 133 Å². The highest BCUT2D eigenvalue weighted by Gasteiger charge is 2.15. The van der Waals surface area contributed by atoms with Gasteiger partial charge in [0.2, 0.25) is 0 Å². The third-order valence-electron chi connectivity index (χ3n) is 7.73. The molecule has 0 N–H and O–H groups in total.